The van der Waals surface area contributed by atoms with Gasteiger partial charge in [-0.25, -0.2) is 9.78 Å². The number of aromatic nitrogens is 1. The molecule has 0 saturated carbocycles. The van der Waals surface area contributed by atoms with Crippen molar-refractivity contribution >= 4 is 43.9 Å². The average molecular weight is 305 g/mol. The van der Waals surface area contributed by atoms with E-state index in [9.17, 15) is 9.59 Å². The van der Waals surface area contributed by atoms with Crippen molar-refractivity contribution in [3.8, 4) is 0 Å². The summed E-state index contributed by atoms with van der Waals surface area (Å²) in [7, 11) is 0. The lowest BCUT2D eigenvalue weighted by atomic mass is 10.1. The van der Waals surface area contributed by atoms with E-state index >= 15 is 0 Å². The van der Waals surface area contributed by atoms with Crippen LogP contribution in [0.5, 0.6) is 0 Å². The quantitative estimate of drug-likeness (QED) is 0.322. The Morgan fingerprint density at radius 3 is 2.65 bits per heavy atom. The van der Waals surface area contributed by atoms with Gasteiger partial charge in [-0.1, -0.05) is 12.1 Å². The molecule has 0 radical (unpaired) electrons. The van der Waals surface area contributed by atoms with E-state index in [1.54, 1.807) is 30.3 Å². The highest BCUT2D eigenvalue weighted by Crippen LogP contribution is 2.30. The third-order valence-corrected chi connectivity index (χ3v) is 3.89. The Kier molecular flexibility index (Phi) is 2.15. The summed E-state index contributed by atoms with van der Waals surface area (Å²) in [6, 6.07) is 10.4. The van der Waals surface area contributed by atoms with E-state index in [4.69, 9.17) is 13.3 Å². The molecular formula is C17H7NO5. The largest absolute Gasteiger partial charge is 0.519 e. The molecule has 0 fully saturated rings. The standard InChI is InChI=1S/C17H7NO5/c19-15-8-3-1-2-4-10(8)18-14-9(15)5-6-11-13(14)16-12(7-21-11)22-17(20)23-16/h1-7H. The van der Waals surface area contributed by atoms with Crippen LogP contribution in [0.2, 0.25) is 0 Å². The Bertz CT molecular complexity index is 1360. The smallest absolute Gasteiger partial charge is 0.460 e. The zero-order valence-electron chi connectivity index (χ0n) is 11.5. The SMILES string of the molecule is O=c1oc2coc3ccc4c(=O)c5ccccc5nc4c3c2o1. The van der Waals surface area contributed by atoms with Crippen LogP contribution in [0, 0.1) is 0 Å². The second kappa shape index (κ2) is 4.07. The maximum Gasteiger partial charge on any atom is 0.519 e. The molecule has 110 valence electrons. The molecule has 3 heterocycles. The van der Waals surface area contributed by atoms with Crippen molar-refractivity contribution in [2.75, 3.05) is 0 Å². The van der Waals surface area contributed by atoms with Crippen LogP contribution in [-0.2, 0) is 0 Å². The molecule has 5 rings (SSSR count). The number of fused-ring (bicyclic) bond motifs is 6. The number of benzene rings is 2. The average Bonchev–Trinajstić information content (AvgIpc) is 2.95. The lowest BCUT2D eigenvalue weighted by Gasteiger charge is -2.04. The molecule has 0 saturated heterocycles. The van der Waals surface area contributed by atoms with E-state index in [1.165, 1.54) is 6.26 Å². The van der Waals surface area contributed by atoms with Crippen LogP contribution in [0.15, 0.2) is 65.5 Å². The van der Waals surface area contributed by atoms with Gasteiger partial charge in [0.05, 0.1) is 16.4 Å². The Labute approximate surface area is 126 Å². The van der Waals surface area contributed by atoms with Gasteiger partial charge in [-0.2, -0.15) is 0 Å². The molecule has 6 heteroatoms. The van der Waals surface area contributed by atoms with E-state index in [-0.39, 0.29) is 16.6 Å². The molecule has 5 aromatic rings. The Balaban J connectivity index is 2.17. The predicted octanol–water partition coefficient (Wildman–Crippen LogP) is 3.19. The van der Waals surface area contributed by atoms with Crippen molar-refractivity contribution in [3.05, 3.63) is 63.5 Å². The molecule has 3 aromatic heterocycles. The third kappa shape index (κ3) is 1.54. The highest BCUT2D eigenvalue weighted by Gasteiger charge is 2.16. The minimum absolute atomic E-state index is 0.129. The van der Waals surface area contributed by atoms with E-state index in [1.807, 2.05) is 6.07 Å². The highest BCUT2D eigenvalue weighted by atomic mass is 16.6. The third-order valence-electron chi connectivity index (χ3n) is 3.89. The van der Waals surface area contributed by atoms with Gasteiger partial charge in [0.15, 0.2) is 11.0 Å². The number of para-hydroxylation sites is 1. The summed E-state index contributed by atoms with van der Waals surface area (Å²) < 4.78 is 15.5. The Morgan fingerprint density at radius 2 is 1.74 bits per heavy atom. The monoisotopic (exact) mass is 305 g/mol. The topological polar surface area (TPSA) is 86.5 Å². The summed E-state index contributed by atoms with van der Waals surface area (Å²) in [5.41, 5.74) is 1.72. The van der Waals surface area contributed by atoms with Gasteiger partial charge in [0.1, 0.15) is 11.8 Å². The zero-order chi connectivity index (χ0) is 15.6. The molecular weight excluding hydrogens is 298 g/mol. The molecule has 6 nitrogen and oxygen atoms in total. The fourth-order valence-corrected chi connectivity index (χ4v) is 2.88. The first-order valence-electron chi connectivity index (χ1n) is 6.89. The number of pyridine rings is 1. The molecule has 0 atom stereocenters. The van der Waals surface area contributed by atoms with Crippen LogP contribution in [0.4, 0.5) is 0 Å². The maximum absolute atomic E-state index is 12.7. The summed E-state index contributed by atoms with van der Waals surface area (Å²) in [6.07, 6.45) is 1.30. The predicted molar refractivity (Wildman–Crippen MR) is 83.6 cm³/mol. The molecule has 0 aliphatic heterocycles. The minimum Gasteiger partial charge on any atom is -0.460 e. The van der Waals surface area contributed by atoms with Gasteiger partial charge < -0.3 is 13.3 Å². The minimum atomic E-state index is -0.831. The maximum atomic E-state index is 12.7. The molecule has 0 N–H and O–H groups in total. The van der Waals surface area contributed by atoms with Gasteiger partial charge in [-0.3, -0.25) is 4.79 Å². The lowest BCUT2D eigenvalue weighted by Crippen LogP contribution is -2.04. The van der Waals surface area contributed by atoms with Crippen molar-refractivity contribution in [1.82, 2.24) is 4.98 Å². The summed E-state index contributed by atoms with van der Waals surface area (Å²) in [5, 5.41) is 1.42. The van der Waals surface area contributed by atoms with E-state index < -0.39 is 5.82 Å². The second-order valence-electron chi connectivity index (χ2n) is 5.18. The van der Waals surface area contributed by atoms with E-state index in [0.717, 1.165) is 0 Å². The zero-order valence-corrected chi connectivity index (χ0v) is 11.5. The molecule has 0 aliphatic carbocycles. The van der Waals surface area contributed by atoms with Crippen molar-refractivity contribution < 1.29 is 13.3 Å². The first-order chi connectivity index (χ1) is 11.2. The fourth-order valence-electron chi connectivity index (χ4n) is 2.88. The second-order valence-corrected chi connectivity index (χ2v) is 5.18. The van der Waals surface area contributed by atoms with Crippen molar-refractivity contribution in [1.29, 1.82) is 0 Å². The van der Waals surface area contributed by atoms with Gasteiger partial charge in [0.25, 0.3) is 0 Å². The van der Waals surface area contributed by atoms with Crippen molar-refractivity contribution in [2.24, 2.45) is 0 Å². The number of nitrogens with zero attached hydrogens (tertiary/aromatic N) is 1. The number of hydrogen-bond acceptors (Lipinski definition) is 6. The summed E-state index contributed by atoms with van der Waals surface area (Å²) in [4.78, 5) is 28.6. The van der Waals surface area contributed by atoms with Crippen LogP contribution < -0.4 is 11.3 Å². The molecule has 2 aromatic carbocycles. The van der Waals surface area contributed by atoms with Gasteiger partial charge >= 0.3 is 5.82 Å². The Morgan fingerprint density at radius 1 is 0.870 bits per heavy atom. The van der Waals surface area contributed by atoms with Crippen LogP contribution in [0.1, 0.15) is 0 Å². The first-order valence-corrected chi connectivity index (χ1v) is 6.89. The van der Waals surface area contributed by atoms with Crippen LogP contribution in [-0.4, -0.2) is 4.98 Å². The summed E-state index contributed by atoms with van der Waals surface area (Å²) >= 11 is 0. The van der Waals surface area contributed by atoms with Crippen molar-refractivity contribution in [3.63, 3.8) is 0 Å². The summed E-state index contributed by atoms with van der Waals surface area (Å²) in [5.74, 6) is -0.831. The van der Waals surface area contributed by atoms with Gasteiger partial charge in [0.2, 0.25) is 5.58 Å². The van der Waals surface area contributed by atoms with Gasteiger partial charge in [-0.05, 0) is 24.3 Å². The molecule has 0 spiro atoms. The number of rotatable bonds is 0. The van der Waals surface area contributed by atoms with Gasteiger partial charge in [-0.15, -0.1) is 0 Å². The first kappa shape index (κ1) is 12.2. The summed E-state index contributed by atoms with van der Waals surface area (Å²) in [6.45, 7) is 0. The van der Waals surface area contributed by atoms with E-state index in [2.05, 4.69) is 4.98 Å². The Hall–Kier alpha value is -3.41. The highest BCUT2D eigenvalue weighted by molar-refractivity contribution is 6.15. The molecule has 0 amide bonds. The van der Waals surface area contributed by atoms with Crippen LogP contribution >= 0.6 is 0 Å². The van der Waals surface area contributed by atoms with Gasteiger partial charge in [0, 0.05) is 10.8 Å². The van der Waals surface area contributed by atoms with Crippen LogP contribution in [0.25, 0.3) is 43.9 Å². The molecule has 0 unspecified atom stereocenters. The fraction of sp³-hybridized carbons (Fsp3) is 0. The molecule has 0 aliphatic rings. The number of hydrogen-bond donors (Lipinski definition) is 0. The van der Waals surface area contributed by atoms with E-state index in [0.29, 0.717) is 32.8 Å². The molecule has 23 heavy (non-hydrogen) atoms. The lowest BCUT2D eigenvalue weighted by molar-refractivity contribution is 0.408. The molecule has 0 bridgehead atoms. The van der Waals surface area contributed by atoms with Crippen LogP contribution in [0.3, 0.4) is 0 Å². The normalized spacial score (nSPS) is 11.8. The van der Waals surface area contributed by atoms with Crippen molar-refractivity contribution in [2.45, 2.75) is 0 Å².